The molecule has 1 nitrogen and oxygen atoms in total. The Kier molecular flexibility index (Phi) is 5.60. The minimum absolute atomic E-state index is 0.487. The molecule has 2 rings (SSSR count). The van der Waals surface area contributed by atoms with Crippen LogP contribution in [0.4, 0.5) is 0 Å². The standard InChI is InChI=1S/C16H20ClNS/c1-2-12(7-8-19-11-18)15-9-13-5-3-4-6-14(13)10-16(15)17/h9-10,12H,2-8H2,1H3. The Morgan fingerprint density at radius 2 is 2.00 bits per heavy atom. The minimum atomic E-state index is 0.487. The van der Waals surface area contributed by atoms with Crippen molar-refractivity contribution in [1.82, 2.24) is 0 Å². The molecule has 1 aromatic rings. The third-order valence-corrected chi connectivity index (χ3v) is 4.92. The van der Waals surface area contributed by atoms with Gasteiger partial charge in [0.2, 0.25) is 0 Å². The summed E-state index contributed by atoms with van der Waals surface area (Å²) in [5.41, 5.74) is 4.24. The van der Waals surface area contributed by atoms with Crippen LogP contribution in [0, 0.1) is 10.7 Å². The van der Waals surface area contributed by atoms with E-state index in [0.29, 0.717) is 5.92 Å². The summed E-state index contributed by atoms with van der Waals surface area (Å²) in [7, 11) is 0. The van der Waals surface area contributed by atoms with Crippen LogP contribution in [-0.2, 0) is 12.8 Å². The molecule has 0 N–H and O–H groups in total. The quantitative estimate of drug-likeness (QED) is 0.542. The second-order valence-electron chi connectivity index (χ2n) is 5.18. The van der Waals surface area contributed by atoms with E-state index in [-0.39, 0.29) is 0 Å². The predicted octanol–water partition coefficient (Wildman–Crippen LogP) is 5.32. The molecule has 1 aliphatic rings. The van der Waals surface area contributed by atoms with E-state index in [4.69, 9.17) is 16.9 Å². The molecule has 19 heavy (non-hydrogen) atoms. The maximum atomic E-state index is 8.62. The number of nitriles is 1. The lowest BCUT2D eigenvalue weighted by Gasteiger charge is -2.22. The van der Waals surface area contributed by atoms with Gasteiger partial charge in [0.25, 0.3) is 0 Å². The van der Waals surface area contributed by atoms with E-state index >= 15 is 0 Å². The van der Waals surface area contributed by atoms with Crippen LogP contribution in [-0.4, -0.2) is 5.75 Å². The van der Waals surface area contributed by atoms with Gasteiger partial charge in [0.05, 0.1) is 0 Å². The Labute approximate surface area is 125 Å². The van der Waals surface area contributed by atoms with E-state index in [1.54, 1.807) is 0 Å². The first-order chi connectivity index (χ1) is 9.26. The van der Waals surface area contributed by atoms with Crippen molar-refractivity contribution < 1.29 is 0 Å². The molecule has 102 valence electrons. The zero-order valence-corrected chi connectivity index (χ0v) is 13.0. The van der Waals surface area contributed by atoms with Gasteiger partial charge in [-0.05, 0) is 79.0 Å². The molecule has 1 aromatic carbocycles. The van der Waals surface area contributed by atoms with Gasteiger partial charge < -0.3 is 0 Å². The summed E-state index contributed by atoms with van der Waals surface area (Å²) < 4.78 is 0. The van der Waals surface area contributed by atoms with Gasteiger partial charge >= 0.3 is 0 Å². The molecule has 1 atom stereocenters. The molecule has 0 heterocycles. The number of benzene rings is 1. The van der Waals surface area contributed by atoms with Gasteiger partial charge in [-0.1, -0.05) is 24.6 Å². The third kappa shape index (κ3) is 3.68. The highest BCUT2D eigenvalue weighted by Gasteiger charge is 2.17. The molecule has 0 aliphatic heterocycles. The molecule has 0 saturated heterocycles. The molecule has 0 bridgehead atoms. The lowest BCUT2D eigenvalue weighted by Crippen LogP contribution is -2.07. The van der Waals surface area contributed by atoms with Gasteiger partial charge in [-0.15, -0.1) is 0 Å². The van der Waals surface area contributed by atoms with Crippen LogP contribution >= 0.6 is 23.4 Å². The Balaban J connectivity index is 2.19. The lowest BCUT2D eigenvalue weighted by molar-refractivity contribution is 0.639. The van der Waals surface area contributed by atoms with Crippen molar-refractivity contribution in [3.63, 3.8) is 0 Å². The van der Waals surface area contributed by atoms with E-state index in [1.807, 2.05) is 0 Å². The fourth-order valence-corrected chi connectivity index (χ4v) is 3.75. The molecule has 0 amide bonds. The zero-order chi connectivity index (χ0) is 13.7. The van der Waals surface area contributed by atoms with Crippen LogP contribution in [0.5, 0.6) is 0 Å². The summed E-state index contributed by atoms with van der Waals surface area (Å²) in [5.74, 6) is 1.38. The molecule has 0 radical (unpaired) electrons. The number of nitrogens with zero attached hydrogens (tertiary/aromatic N) is 1. The number of hydrogen-bond acceptors (Lipinski definition) is 2. The minimum Gasteiger partial charge on any atom is -0.185 e. The van der Waals surface area contributed by atoms with Gasteiger partial charge in [0, 0.05) is 10.8 Å². The fraction of sp³-hybridized carbons (Fsp3) is 0.562. The summed E-state index contributed by atoms with van der Waals surface area (Å²) in [4.78, 5) is 0. The number of thiocyanates is 1. The topological polar surface area (TPSA) is 23.8 Å². The average Bonchev–Trinajstić information content (AvgIpc) is 2.43. The molecule has 0 spiro atoms. The molecule has 1 unspecified atom stereocenters. The second kappa shape index (κ2) is 7.22. The highest BCUT2D eigenvalue weighted by atomic mass is 35.5. The largest absolute Gasteiger partial charge is 0.185 e. The first-order valence-electron chi connectivity index (χ1n) is 7.08. The highest BCUT2D eigenvalue weighted by molar-refractivity contribution is 8.03. The fourth-order valence-electron chi connectivity index (χ4n) is 2.91. The van der Waals surface area contributed by atoms with E-state index in [0.717, 1.165) is 23.6 Å². The Hall–Kier alpha value is -0.650. The molecular formula is C16H20ClNS. The van der Waals surface area contributed by atoms with Crippen molar-refractivity contribution >= 4 is 23.4 Å². The Morgan fingerprint density at radius 3 is 2.63 bits per heavy atom. The van der Waals surface area contributed by atoms with Gasteiger partial charge in [-0.2, -0.15) is 5.26 Å². The second-order valence-corrected chi connectivity index (χ2v) is 6.47. The third-order valence-electron chi connectivity index (χ3n) is 4.03. The number of halogens is 1. The van der Waals surface area contributed by atoms with Crippen molar-refractivity contribution in [2.24, 2.45) is 0 Å². The summed E-state index contributed by atoms with van der Waals surface area (Å²) >= 11 is 7.82. The van der Waals surface area contributed by atoms with Crippen molar-refractivity contribution in [2.75, 3.05) is 5.75 Å². The van der Waals surface area contributed by atoms with E-state index in [9.17, 15) is 0 Å². The van der Waals surface area contributed by atoms with Crippen molar-refractivity contribution in [1.29, 1.82) is 5.26 Å². The molecular weight excluding hydrogens is 274 g/mol. The maximum absolute atomic E-state index is 8.62. The van der Waals surface area contributed by atoms with Crippen molar-refractivity contribution in [2.45, 2.75) is 51.4 Å². The number of fused-ring (bicyclic) bond motifs is 1. The smallest absolute Gasteiger partial charge is 0.133 e. The summed E-state index contributed by atoms with van der Waals surface area (Å²) in [5, 5.41) is 11.7. The number of rotatable bonds is 5. The highest BCUT2D eigenvalue weighted by Crippen LogP contribution is 2.35. The van der Waals surface area contributed by atoms with Gasteiger partial charge in [0.15, 0.2) is 0 Å². The Bertz CT molecular complexity index is 478. The molecule has 0 aromatic heterocycles. The van der Waals surface area contributed by atoms with Gasteiger partial charge in [0.1, 0.15) is 5.40 Å². The monoisotopic (exact) mass is 293 g/mol. The van der Waals surface area contributed by atoms with Crippen molar-refractivity contribution in [3.8, 4) is 5.40 Å². The first kappa shape index (κ1) is 14.8. The van der Waals surface area contributed by atoms with Crippen LogP contribution in [0.2, 0.25) is 5.02 Å². The normalized spacial score (nSPS) is 15.6. The SMILES string of the molecule is CCC(CCSC#N)c1cc2c(cc1Cl)CCCC2. The number of aryl methyl sites for hydroxylation is 2. The zero-order valence-electron chi connectivity index (χ0n) is 11.4. The van der Waals surface area contributed by atoms with Crippen LogP contribution in [0.3, 0.4) is 0 Å². The maximum Gasteiger partial charge on any atom is 0.133 e. The molecule has 0 saturated carbocycles. The first-order valence-corrected chi connectivity index (χ1v) is 8.44. The summed E-state index contributed by atoms with van der Waals surface area (Å²) in [6.07, 6.45) is 7.09. The Morgan fingerprint density at radius 1 is 1.32 bits per heavy atom. The number of thioether (sulfide) groups is 1. The number of hydrogen-bond donors (Lipinski definition) is 0. The van der Waals surface area contributed by atoms with Crippen LogP contribution in [0.1, 0.15) is 55.2 Å². The molecule has 1 aliphatic carbocycles. The van der Waals surface area contributed by atoms with Crippen LogP contribution in [0.15, 0.2) is 12.1 Å². The lowest BCUT2D eigenvalue weighted by atomic mass is 9.86. The van der Waals surface area contributed by atoms with E-state index in [2.05, 4.69) is 24.5 Å². The van der Waals surface area contributed by atoms with Gasteiger partial charge in [-0.3, -0.25) is 0 Å². The van der Waals surface area contributed by atoms with Gasteiger partial charge in [-0.25, -0.2) is 0 Å². The molecule has 3 heteroatoms. The van der Waals surface area contributed by atoms with Crippen LogP contribution < -0.4 is 0 Å². The van der Waals surface area contributed by atoms with E-state index < -0.39 is 0 Å². The average molecular weight is 294 g/mol. The summed E-state index contributed by atoms with van der Waals surface area (Å²) in [6.45, 7) is 2.21. The van der Waals surface area contributed by atoms with Crippen LogP contribution in [0.25, 0.3) is 0 Å². The summed E-state index contributed by atoms with van der Waals surface area (Å²) in [6, 6.07) is 4.52. The van der Waals surface area contributed by atoms with E-state index in [1.165, 1.54) is 54.1 Å². The predicted molar refractivity (Wildman–Crippen MR) is 83.8 cm³/mol. The molecule has 0 fully saturated rings. The van der Waals surface area contributed by atoms with Crippen molar-refractivity contribution in [3.05, 3.63) is 33.8 Å².